The van der Waals surface area contributed by atoms with Gasteiger partial charge in [0, 0.05) is 5.56 Å². The molecule has 4 rings (SSSR count). The first-order chi connectivity index (χ1) is 14.6. The standard InChI is InChI=1S/C23H21N5O2/c1-15-7-3-4-9-18(15)14-30-21-12-11-17-8-5-6-10-19(17)20(21)13-24-27-22-16(2)26-28-23(29)25-22/h3-13H,14H2,1-2H3,(H2,25,27,28,29)/b24-13+. The van der Waals surface area contributed by atoms with Gasteiger partial charge in [0.2, 0.25) is 0 Å². The lowest BCUT2D eigenvalue weighted by molar-refractivity contribution is 0.305. The van der Waals surface area contributed by atoms with Crippen LogP contribution in [0.25, 0.3) is 10.8 Å². The van der Waals surface area contributed by atoms with Crippen LogP contribution in [-0.4, -0.2) is 21.4 Å². The third-order valence-corrected chi connectivity index (χ3v) is 4.81. The van der Waals surface area contributed by atoms with Gasteiger partial charge >= 0.3 is 5.69 Å². The first kappa shape index (κ1) is 19.3. The number of ether oxygens (including phenoxy) is 1. The molecule has 0 bridgehead atoms. The highest BCUT2D eigenvalue weighted by molar-refractivity contribution is 6.02. The van der Waals surface area contributed by atoms with Crippen molar-refractivity contribution in [1.29, 1.82) is 0 Å². The monoisotopic (exact) mass is 399 g/mol. The van der Waals surface area contributed by atoms with Crippen molar-refractivity contribution in [2.75, 3.05) is 5.43 Å². The van der Waals surface area contributed by atoms with Crippen molar-refractivity contribution in [3.05, 3.63) is 93.5 Å². The second-order valence-corrected chi connectivity index (χ2v) is 6.86. The van der Waals surface area contributed by atoms with Crippen LogP contribution in [0.5, 0.6) is 5.75 Å². The summed E-state index contributed by atoms with van der Waals surface area (Å²) in [7, 11) is 0. The summed E-state index contributed by atoms with van der Waals surface area (Å²) in [6.07, 6.45) is 1.68. The Kier molecular flexibility index (Phi) is 5.52. The molecule has 3 aromatic carbocycles. The summed E-state index contributed by atoms with van der Waals surface area (Å²) in [6, 6.07) is 20.1. The van der Waals surface area contributed by atoms with Crippen molar-refractivity contribution >= 4 is 22.8 Å². The minimum Gasteiger partial charge on any atom is -0.488 e. The second-order valence-electron chi connectivity index (χ2n) is 6.86. The lowest BCUT2D eigenvalue weighted by Crippen LogP contribution is -2.15. The molecule has 1 heterocycles. The Morgan fingerprint density at radius 3 is 2.73 bits per heavy atom. The minimum absolute atomic E-state index is 0.303. The van der Waals surface area contributed by atoms with Gasteiger partial charge in [0.05, 0.1) is 6.21 Å². The van der Waals surface area contributed by atoms with Gasteiger partial charge in [-0.3, -0.25) is 5.43 Å². The average Bonchev–Trinajstić information content (AvgIpc) is 2.76. The minimum atomic E-state index is -0.536. The van der Waals surface area contributed by atoms with Gasteiger partial charge in [-0.1, -0.05) is 54.6 Å². The SMILES string of the molecule is Cc1ccccc1COc1ccc2ccccc2c1/C=N/Nc1nc(=O)[nH]nc1C. The number of aromatic amines is 1. The molecule has 0 fully saturated rings. The lowest BCUT2D eigenvalue weighted by atomic mass is 10.0. The summed E-state index contributed by atoms with van der Waals surface area (Å²) in [5, 5.41) is 12.5. The molecule has 4 aromatic rings. The second kappa shape index (κ2) is 8.57. The zero-order chi connectivity index (χ0) is 20.9. The van der Waals surface area contributed by atoms with Crippen LogP contribution in [0.4, 0.5) is 5.82 Å². The Morgan fingerprint density at radius 1 is 1.07 bits per heavy atom. The van der Waals surface area contributed by atoms with Crippen LogP contribution in [0, 0.1) is 13.8 Å². The summed E-state index contributed by atoms with van der Waals surface area (Å²) < 4.78 is 6.16. The molecule has 7 heteroatoms. The fourth-order valence-corrected chi connectivity index (χ4v) is 3.12. The predicted molar refractivity (Wildman–Crippen MR) is 118 cm³/mol. The molecule has 150 valence electrons. The van der Waals surface area contributed by atoms with Crippen molar-refractivity contribution in [3.8, 4) is 5.75 Å². The number of hydrazone groups is 1. The molecule has 0 radical (unpaired) electrons. The van der Waals surface area contributed by atoms with E-state index in [-0.39, 0.29) is 0 Å². The molecule has 0 saturated carbocycles. The quantitative estimate of drug-likeness (QED) is 0.378. The normalized spacial score (nSPS) is 11.1. The molecule has 30 heavy (non-hydrogen) atoms. The van der Waals surface area contributed by atoms with Crippen molar-refractivity contribution in [2.24, 2.45) is 5.10 Å². The van der Waals surface area contributed by atoms with Crippen molar-refractivity contribution in [1.82, 2.24) is 15.2 Å². The van der Waals surface area contributed by atoms with Gasteiger partial charge < -0.3 is 4.74 Å². The number of H-pyrrole nitrogens is 1. The van der Waals surface area contributed by atoms with E-state index in [0.717, 1.165) is 27.6 Å². The number of nitrogens with zero attached hydrogens (tertiary/aromatic N) is 3. The first-order valence-corrected chi connectivity index (χ1v) is 9.53. The molecule has 2 N–H and O–H groups in total. The van der Waals surface area contributed by atoms with E-state index in [9.17, 15) is 4.79 Å². The van der Waals surface area contributed by atoms with Crippen LogP contribution < -0.4 is 15.9 Å². The number of aromatic nitrogens is 3. The number of hydrogen-bond donors (Lipinski definition) is 2. The van der Waals surface area contributed by atoms with Crippen molar-refractivity contribution in [3.63, 3.8) is 0 Å². The van der Waals surface area contributed by atoms with Crippen LogP contribution in [0.3, 0.4) is 0 Å². The molecular weight excluding hydrogens is 378 g/mol. The highest BCUT2D eigenvalue weighted by Crippen LogP contribution is 2.27. The third-order valence-electron chi connectivity index (χ3n) is 4.81. The Labute approximate surface area is 173 Å². The zero-order valence-electron chi connectivity index (χ0n) is 16.7. The van der Waals surface area contributed by atoms with Gasteiger partial charge in [0.25, 0.3) is 0 Å². The van der Waals surface area contributed by atoms with E-state index in [1.165, 1.54) is 5.56 Å². The number of rotatable bonds is 6. The van der Waals surface area contributed by atoms with E-state index in [0.29, 0.717) is 18.1 Å². The van der Waals surface area contributed by atoms with Gasteiger partial charge in [-0.2, -0.15) is 15.2 Å². The van der Waals surface area contributed by atoms with Crippen molar-refractivity contribution < 1.29 is 4.74 Å². The number of nitrogens with one attached hydrogen (secondary N) is 2. The largest absolute Gasteiger partial charge is 0.488 e. The Hall–Kier alpha value is -4.00. The molecule has 0 spiro atoms. The molecule has 0 unspecified atom stereocenters. The van der Waals surface area contributed by atoms with Crippen LogP contribution in [-0.2, 0) is 6.61 Å². The van der Waals surface area contributed by atoms with E-state index < -0.39 is 5.69 Å². The van der Waals surface area contributed by atoms with Crippen LogP contribution >= 0.6 is 0 Å². The Balaban J connectivity index is 1.66. The molecular formula is C23H21N5O2. The molecule has 0 atom stereocenters. The fourth-order valence-electron chi connectivity index (χ4n) is 3.12. The smallest absolute Gasteiger partial charge is 0.363 e. The van der Waals surface area contributed by atoms with Gasteiger partial charge in [0.1, 0.15) is 18.1 Å². The van der Waals surface area contributed by atoms with E-state index >= 15 is 0 Å². The molecule has 0 aliphatic carbocycles. The first-order valence-electron chi connectivity index (χ1n) is 9.53. The molecule has 0 saturated heterocycles. The van der Waals surface area contributed by atoms with Crippen molar-refractivity contribution in [2.45, 2.75) is 20.5 Å². The van der Waals surface area contributed by atoms with Gasteiger partial charge in [0.15, 0.2) is 5.82 Å². The lowest BCUT2D eigenvalue weighted by Gasteiger charge is -2.13. The highest BCUT2D eigenvalue weighted by Gasteiger charge is 2.09. The maximum Gasteiger partial charge on any atom is 0.363 e. The van der Waals surface area contributed by atoms with E-state index in [4.69, 9.17) is 4.74 Å². The molecule has 0 aliphatic rings. The zero-order valence-corrected chi connectivity index (χ0v) is 16.7. The number of benzene rings is 3. The van der Waals surface area contributed by atoms with E-state index in [2.05, 4.69) is 44.8 Å². The summed E-state index contributed by atoms with van der Waals surface area (Å²) >= 11 is 0. The average molecular weight is 399 g/mol. The fraction of sp³-hybridized carbons (Fsp3) is 0.130. The predicted octanol–water partition coefficient (Wildman–Crippen LogP) is 3.96. The summed E-state index contributed by atoms with van der Waals surface area (Å²) in [6.45, 7) is 4.25. The third kappa shape index (κ3) is 4.20. The summed E-state index contributed by atoms with van der Waals surface area (Å²) in [5.41, 5.74) is 5.95. The topological polar surface area (TPSA) is 92.3 Å². The van der Waals surface area contributed by atoms with Crippen LogP contribution in [0.15, 0.2) is 70.6 Å². The van der Waals surface area contributed by atoms with Crippen LogP contribution in [0.2, 0.25) is 0 Å². The highest BCUT2D eigenvalue weighted by atomic mass is 16.5. The van der Waals surface area contributed by atoms with Gasteiger partial charge in [-0.05, 0) is 41.8 Å². The van der Waals surface area contributed by atoms with E-state index in [1.54, 1.807) is 13.1 Å². The number of anilines is 1. The molecule has 0 amide bonds. The Morgan fingerprint density at radius 2 is 1.87 bits per heavy atom. The van der Waals surface area contributed by atoms with Gasteiger partial charge in [-0.25, -0.2) is 9.89 Å². The molecule has 7 nitrogen and oxygen atoms in total. The number of fused-ring (bicyclic) bond motifs is 1. The maximum absolute atomic E-state index is 11.4. The number of hydrogen-bond acceptors (Lipinski definition) is 6. The number of aryl methyl sites for hydroxylation is 2. The maximum atomic E-state index is 11.4. The molecule has 0 aliphatic heterocycles. The Bertz CT molecular complexity index is 1280. The summed E-state index contributed by atoms with van der Waals surface area (Å²) in [4.78, 5) is 15.3. The van der Waals surface area contributed by atoms with Crippen LogP contribution in [0.1, 0.15) is 22.4 Å². The summed E-state index contributed by atoms with van der Waals surface area (Å²) in [5.74, 6) is 1.02. The van der Waals surface area contributed by atoms with Gasteiger partial charge in [-0.15, -0.1) is 0 Å². The molecule has 1 aromatic heterocycles. The van der Waals surface area contributed by atoms with E-state index in [1.807, 2.05) is 48.5 Å².